The Morgan fingerprint density at radius 3 is 2.58 bits per heavy atom. The van der Waals surface area contributed by atoms with Crippen LogP contribution in [0.3, 0.4) is 0 Å². The van der Waals surface area contributed by atoms with Gasteiger partial charge in [0, 0.05) is 18.8 Å². The maximum atomic E-state index is 4.55. The van der Waals surface area contributed by atoms with Gasteiger partial charge in [-0.05, 0) is 37.5 Å². The number of pyridine rings is 1. The summed E-state index contributed by atoms with van der Waals surface area (Å²) in [5.74, 6) is 0. The van der Waals surface area contributed by atoms with Crippen molar-refractivity contribution in [3.8, 4) is 0 Å². The predicted molar refractivity (Wildman–Crippen MR) is 77.7 cm³/mol. The van der Waals surface area contributed by atoms with Crippen LogP contribution in [0.5, 0.6) is 0 Å². The van der Waals surface area contributed by atoms with Crippen LogP contribution in [0.4, 0.5) is 0 Å². The number of rotatable bonds is 3. The van der Waals surface area contributed by atoms with Crippen LogP contribution in [-0.2, 0) is 6.54 Å². The summed E-state index contributed by atoms with van der Waals surface area (Å²) in [6.45, 7) is 3.34. The third-order valence-electron chi connectivity index (χ3n) is 4.06. The molecular weight excluding hydrogens is 232 g/mol. The molecular formula is C17H20N2. The van der Waals surface area contributed by atoms with Crippen LogP contribution >= 0.6 is 0 Å². The second-order valence-corrected chi connectivity index (χ2v) is 5.35. The van der Waals surface area contributed by atoms with Crippen LogP contribution in [0.1, 0.15) is 37.1 Å². The molecule has 98 valence electrons. The van der Waals surface area contributed by atoms with Crippen LogP contribution in [-0.4, -0.2) is 15.9 Å². The molecule has 1 aliphatic heterocycles. The minimum atomic E-state index is 0.469. The summed E-state index contributed by atoms with van der Waals surface area (Å²) in [6.07, 6.45) is 4.37. The van der Waals surface area contributed by atoms with E-state index in [4.69, 9.17) is 0 Å². The van der Waals surface area contributed by atoms with Crippen LogP contribution in [0.25, 0.3) is 0 Å². The Balaban J connectivity index is 1.81. The van der Waals surface area contributed by atoms with Gasteiger partial charge in [0.2, 0.25) is 0 Å². The highest BCUT2D eigenvalue weighted by atomic mass is 15.2. The highest BCUT2D eigenvalue weighted by Gasteiger charge is 2.32. The smallest absolute Gasteiger partial charge is 0.0575 e. The van der Waals surface area contributed by atoms with Gasteiger partial charge in [-0.2, -0.15) is 0 Å². The van der Waals surface area contributed by atoms with Crippen LogP contribution < -0.4 is 0 Å². The number of benzene rings is 1. The molecule has 0 N–H and O–H groups in total. The Morgan fingerprint density at radius 1 is 1.05 bits per heavy atom. The average molecular weight is 252 g/mol. The summed E-state index contributed by atoms with van der Waals surface area (Å²) in [5, 5.41) is 0. The molecule has 2 nitrogen and oxygen atoms in total. The zero-order valence-electron chi connectivity index (χ0n) is 11.4. The molecule has 2 aromatic rings. The molecule has 1 aromatic heterocycles. The quantitative estimate of drug-likeness (QED) is 0.826. The SMILES string of the molecule is CC1CCC(c2ccccn2)N1Cc1ccccc1. The molecule has 0 aliphatic carbocycles. The molecule has 1 aromatic carbocycles. The Hall–Kier alpha value is -1.67. The lowest BCUT2D eigenvalue weighted by Gasteiger charge is -2.28. The van der Waals surface area contributed by atoms with Crippen LogP contribution in [0, 0.1) is 0 Å². The van der Waals surface area contributed by atoms with Crippen molar-refractivity contribution in [1.82, 2.24) is 9.88 Å². The first-order valence-corrected chi connectivity index (χ1v) is 7.05. The molecule has 2 heteroatoms. The molecule has 1 saturated heterocycles. The fraction of sp³-hybridized carbons (Fsp3) is 0.353. The maximum Gasteiger partial charge on any atom is 0.0575 e. The van der Waals surface area contributed by atoms with Crippen LogP contribution in [0.15, 0.2) is 54.7 Å². The van der Waals surface area contributed by atoms with Gasteiger partial charge in [0.05, 0.1) is 11.7 Å². The van der Waals surface area contributed by atoms with Crippen molar-refractivity contribution in [2.24, 2.45) is 0 Å². The van der Waals surface area contributed by atoms with Gasteiger partial charge in [-0.15, -0.1) is 0 Å². The molecule has 2 unspecified atom stereocenters. The fourth-order valence-electron chi connectivity index (χ4n) is 2.99. The van der Waals surface area contributed by atoms with Crippen molar-refractivity contribution in [3.63, 3.8) is 0 Å². The molecule has 0 amide bonds. The molecule has 2 atom stereocenters. The average Bonchev–Trinajstić information content (AvgIpc) is 2.82. The highest BCUT2D eigenvalue weighted by Crippen LogP contribution is 2.36. The topological polar surface area (TPSA) is 16.1 Å². The summed E-state index contributed by atoms with van der Waals surface area (Å²) in [6, 6.07) is 18.1. The summed E-state index contributed by atoms with van der Waals surface area (Å²) < 4.78 is 0. The lowest BCUT2D eigenvalue weighted by Crippen LogP contribution is -2.29. The first-order chi connectivity index (χ1) is 9.34. The lowest BCUT2D eigenvalue weighted by atomic mass is 10.1. The maximum absolute atomic E-state index is 4.55. The standard InChI is InChI=1S/C17H20N2/c1-14-10-11-17(16-9-5-6-12-18-16)19(14)13-15-7-3-2-4-8-15/h2-9,12,14,17H,10-11,13H2,1H3. The molecule has 2 heterocycles. The Labute approximate surface area is 115 Å². The highest BCUT2D eigenvalue weighted by molar-refractivity contribution is 5.17. The number of aromatic nitrogens is 1. The van der Waals surface area contributed by atoms with E-state index in [9.17, 15) is 0 Å². The lowest BCUT2D eigenvalue weighted by molar-refractivity contribution is 0.192. The molecule has 1 fully saturated rings. The van der Waals surface area contributed by atoms with Gasteiger partial charge in [-0.3, -0.25) is 9.88 Å². The summed E-state index contributed by atoms with van der Waals surface area (Å²) in [4.78, 5) is 7.13. The van der Waals surface area contributed by atoms with E-state index in [2.05, 4.69) is 59.3 Å². The summed E-state index contributed by atoms with van der Waals surface area (Å²) >= 11 is 0. The van der Waals surface area contributed by atoms with E-state index in [1.165, 1.54) is 24.1 Å². The van der Waals surface area contributed by atoms with E-state index in [-0.39, 0.29) is 0 Å². The molecule has 0 radical (unpaired) electrons. The summed E-state index contributed by atoms with van der Waals surface area (Å²) in [7, 11) is 0. The second-order valence-electron chi connectivity index (χ2n) is 5.35. The van der Waals surface area contributed by atoms with E-state index >= 15 is 0 Å². The largest absolute Gasteiger partial charge is 0.288 e. The monoisotopic (exact) mass is 252 g/mol. The third-order valence-corrected chi connectivity index (χ3v) is 4.06. The normalized spacial score (nSPS) is 23.6. The van der Waals surface area contributed by atoms with E-state index in [0.29, 0.717) is 12.1 Å². The van der Waals surface area contributed by atoms with Crippen molar-refractivity contribution in [3.05, 3.63) is 66.0 Å². The zero-order chi connectivity index (χ0) is 13.1. The van der Waals surface area contributed by atoms with E-state index in [0.717, 1.165) is 6.54 Å². The molecule has 0 bridgehead atoms. The Morgan fingerprint density at radius 2 is 1.84 bits per heavy atom. The molecule has 0 saturated carbocycles. The van der Waals surface area contributed by atoms with Crippen molar-refractivity contribution < 1.29 is 0 Å². The molecule has 3 rings (SSSR count). The number of hydrogen-bond donors (Lipinski definition) is 0. The number of hydrogen-bond acceptors (Lipinski definition) is 2. The molecule has 19 heavy (non-hydrogen) atoms. The summed E-state index contributed by atoms with van der Waals surface area (Å²) in [5.41, 5.74) is 2.60. The van der Waals surface area contributed by atoms with Crippen LogP contribution in [0.2, 0.25) is 0 Å². The third kappa shape index (κ3) is 2.69. The van der Waals surface area contributed by atoms with E-state index in [1.54, 1.807) is 0 Å². The number of nitrogens with zero attached hydrogens (tertiary/aromatic N) is 2. The van der Waals surface area contributed by atoms with Crippen molar-refractivity contribution in [2.75, 3.05) is 0 Å². The van der Waals surface area contributed by atoms with Gasteiger partial charge in [-0.25, -0.2) is 0 Å². The molecule has 1 aliphatic rings. The van der Waals surface area contributed by atoms with E-state index in [1.807, 2.05) is 12.3 Å². The second kappa shape index (κ2) is 5.54. The Bertz CT molecular complexity index is 509. The fourth-order valence-corrected chi connectivity index (χ4v) is 2.99. The minimum absolute atomic E-state index is 0.469. The predicted octanol–water partition coefficient (Wildman–Crippen LogP) is 3.81. The van der Waals surface area contributed by atoms with Gasteiger partial charge in [0.25, 0.3) is 0 Å². The van der Waals surface area contributed by atoms with Gasteiger partial charge >= 0.3 is 0 Å². The zero-order valence-corrected chi connectivity index (χ0v) is 11.4. The number of likely N-dealkylation sites (tertiary alicyclic amines) is 1. The van der Waals surface area contributed by atoms with Crippen molar-refractivity contribution >= 4 is 0 Å². The van der Waals surface area contributed by atoms with Gasteiger partial charge in [0.1, 0.15) is 0 Å². The first-order valence-electron chi connectivity index (χ1n) is 7.05. The van der Waals surface area contributed by atoms with Gasteiger partial charge in [0.15, 0.2) is 0 Å². The minimum Gasteiger partial charge on any atom is -0.288 e. The van der Waals surface area contributed by atoms with Gasteiger partial charge in [-0.1, -0.05) is 36.4 Å². The van der Waals surface area contributed by atoms with Crippen molar-refractivity contribution in [2.45, 2.75) is 38.4 Å². The Kier molecular flexibility index (Phi) is 3.60. The van der Waals surface area contributed by atoms with Crippen molar-refractivity contribution in [1.29, 1.82) is 0 Å². The molecule has 0 spiro atoms. The van der Waals surface area contributed by atoms with E-state index < -0.39 is 0 Å². The first kappa shape index (κ1) is 12.4. The van der Waals surface area contributed by atoms with Gasteiger partial charge < -0.3 is 0 Å².